The molecule has 0 atom stereocenters. The summed E-state index contributed by atoms with van der Waals surface area (Å²) in [6.07, 6.45) is 0. The number of nitro benzene ring substituents is 1. The van der Waals surface area contributed by atoms with Gasteiger partial charge in [-0.2, -0.15) is 4.39 Å². The van der Waals surface area contributed by atoms with Gasteiger partial charge in [0.1, 0.15) is 16.5 Å². The number of H-pyrrole nitrogens is 1. The Morgan fingerprint density at radius 1 is 1.10 bits per heavy atom. The van der Waals surface area contributed by atoms with Gasteiger partial charge < -0.3 is 10.1 Å². The SMILES string of the molecule is O=[N+]([O-])Cc1c([N+](=O)[O-])[nH]c2cc(F)c(F)c([N+](=O)[O-])c12. The zero-order chi connectivity index (χ0) is 15.9. The molecule has 1 aromatic carbocycles. The van der Waals surface area contributed by atoms with Gasteiger partial charge in [0.25, 0.3) is 0 Å². The number of hydrogen-bond donors (Lipinski definition) is 1. The van der Waals surface area contributed by atoms with Gasteiger partial charge >= 0.3 is 11.5 Å². The van der Waals surface area contributed by atoms with Crippen LogP contribution in [0, 0.1) is 42.0 Å². The Balaban J connectivity index is 2.98. The van der Waals surface area contributed by atoms with Gasteiger partial charge in [0, 0.05) is 11.0 Å². The van der Waals surface area contributed by atoms with Crippen LogP contribution in [0.4, 0.5) is 20.3 Å². The van der Waals surface area contributed by atoms with Gasteiger partial charge in [-0.15, -0.1) is 0 Å². The number of aromatic amines is 1. The van der Waals surface area contributed by atoms with Gasteiger partial charge in [-0.1, -0.05) is 0 Å². The van der Waals surface area contributed by atoms with Crippen LogP contribution >= 0.6 is 0 Å². The molecule has 21 heavy (non-hydrogen) atoms. The van der Waals surface area contributed by atoms with E-state index in [-0.39, 0.29) is 0 Å². The molecule has 0 aliphatic rings. The van der Waals surface area contributed by atoms with Crippen LogP contribution in [0.2, 0.25) is 0 Å². The topological polar surface area (TPSA) is 145 Å². The maximum Gasteiger partial charge on any atom is 0.332 e. The summed E-state index contributed by atoms with van der Waals surface area (Å²) in [7, 11) is 0. The van der Waals surface area contributed by atoms with Crippen LogP contribution in [-0.4, -0.2) is 19.8 Å². The normalized spacial score (nSPS) is 10.8. The molecule has 110 valence electrons. The monoisotopic (exact) mass is 302 g/mol. The van der Waals surface area contributed by atoms with Crippen LogP contribution in [0.25, 0.3) is 10.9 Å². The van der Waals surface area contributed by atoms with Crippen molar-refractivity contribution < 1.29 is 23.6 Å². The number of halogens is 2. The van der Waals surface area contributed by atoms with Crippen LogP contribution in [0.1, 0.15) is 5.56 Å². The summed E-state index contributed by atoms with van der Waals surface area (Å²) in [5.74, 6) is -4.36. The van der Waals surface area contributed by atoms with Crippen molar-refractivity contribution in [1.82, 2.24) is 4.98 Å². The standard InChI is InChI=1S/C9H4F2N4O6/c10-4-1-5-6(8(7(4)11)14(18)19)3(2-13(16)17)9(12-5)15(20)21/h1,12H,2H2. The molecule has 1 aromatic heterocycles. The highest BCUT2D eigenvalue weighted by molar-refractivity contribution is 5.95. The first kappa shape index (κ1) is 14.2. The molecule has 0 amide bonds. The van der Waals surface area contributed by atoms with E-state index in [0.717, 1.165) is 0 Å². The van der Waals surface area contributed by atoms with Crippen molar-refractivity contribution in [2.24, 2.45) is 0 Å². The fourth-order valence-electron chi connectivity index (χ4n) is 1.95. The molecule has 0 saturated carbocycles. The Morgan fingerprint density at radius 3 is 2.19 bits per heavy atom. The van der Waals surface area contributed by atoms with Crippen LogP contribution in [-0.2, 0) is 6.54 Å². The highest BCUT2D eigenvalue weighted by Gasteiger charge is 2.34. The van der Waals surface area contributed by atoms with Crippen molar-refractivity contribution in [2.45, 2.75) is 6.54 Å². The second-order valence-corrected chi connectivity index (χ2v) is 3.90. The van der Waals surface area contributed by atoms with Crippen molar-refractivity contribution in [3.05, 3.63) is 53.6 Å². The Bertz CT molecular complexity index is 801. The molecular formula is C9H4F2N4O6. The molecule has 12 heteroatoms. The number of hydrogen-bond acceptors (Lipinski definition) is 6. The summed E-state index contributed by atoms with van der Waals surface area (Å²) in [6.45, 7) is -1.15. The number of nitrogens with one attached hydrogen (secondary N) is 1. The molecule has 10 nitrogen and oxygen atoms in total. The molecule has 2 aromatic rings. The van der Waals surface area contributed by atoms with Crippen LogP contribution in [0.15, 0.2) is 6.07 Å². The lowest BCUT2D eigenvalue weighted by Crippen LogP contribution is -2.03. The average Bonchev–Trinajstić information content (AvgIpc) is 2.68. The smallest absolute Gasteiger partial charge is 0.332 e. The lowest BCUT2D eigenvalue weighted by atomic mass is 10.1. The molecule has 2 rings (SSSR count). The van der Waals surface area contributed by atoms with E-state index in [1.54, 1.807) is 0 Å². The van der Waals surface area contributed by atoms with E-state index in [2.05, 4.69) is 0 Å². The minimum Gasteiger partial charge on any atom is -0.358 e. The summed E-state index contributed by atoms with van der Waals surface area (Å²) in [5, 5.41) is 31.5. The van der Waals surface area contributed by atoms with E-state index in [0.29, 0.717) is 6.07 Å². The predicted molar refractivity (Wildman–Crippen MR) is 62.2 cm³/mol. The molecule has 1 heterocycles. The molecule has 0 unspecified atom stereocenters. The van der Waals surface area contributed by atoms with E-state index >= 15 is 0 Å². The fourth-order valence-corrected chi connectivity index (χ4v) is 1.95. The van der Waals surface area contributed by atoms with Gasteiger partial charge in [-0.05, 0) is 4.92 Å². The third-order valence-corrected chi connectivity index (χ3v) is 2.69. The van der Waals surface area contributed by atoms with E-state index in [1.807, 2.05) is 4.98 Å². The van der Waals surface area contributed by atoms with Gasteiger partial charge in [0.05, 0.1) is 4.92 Å². The zero-order valence-electron chi connectivity index (χ0n) is 9.83. The summed E-state index contributed by atoms with van der Waals surface area (Å²) in [5.41, 5.74) is -2.54. The summed E-state index contributed by atoms with van der Waals surface area (Å²) >= 11 is 0. The summed E-state index contributed by atoms with van der Waals surface area (Å²) < 4.78 is 26.8. The van der Waals surface area contributed by atoms with Crippen molar-refractivity contribution in [3.63, 3.8) is 0 Å². The molecule has 0 aliphatic heterocycles. The Labute approximate surface area is 112 Å². The van der Waals surface area contributed by atoms with E-state index in [1.165, 1.54) is 0 Å². The fraction of sp³-hybridized carbons (Fsp3) is 0.111. The van der Waals surface area contributed by atoms with Crippen molar-refractivity contribution in [1.29, 1.82) is 0 Å². The first-order valence-corrected chi connectivity index (χ1v) is 5.17. The summed E-state index contributed by atoms with van der Waals surface area (Å²) in [4.78, 5) is 30.9. The van der Waals surface area contributed by atoms with Crippen molar-refractivity contribution in [3.8, 4) is 0 Å². The van der Waals surface area contributed by atoms with Crippen LogP contribution in [0.3, 0.4) is 0 Å². The van der Waals surface area contributed by atoms with Gasteiger partial charge in [0.15, 0.2) is 5.82 Å². The predicted octanol–water partition coefficient (Wildman–Crippen LogP) is 2.04. The third-order valence-electron chi connectivity index (χ3n) is 2.69. The molecule has 0 bridgehead atoms. The van der Waals surface area contributed by atoms with Gasteiger partial charge in [-0.25, -0.2) is 9.37 Å². The molecule has 0 spiro atoms. The van der Waals surface area contributed by atoms with Gasteiger partial charge in [-0.3, -0.25) is 20.2 Å². The quantitative estimate of drug-likeness (QED) is 0.675. The minimum absolute atomic E-state index is 0.466. The van der Waals surface area contributed by atoms with E-state index in [4.69, 9.17) is 0 Å². The zero-order valence-corrected chi connectivity index (χ0v) is 9.83. The Morgan fingerprint density at radius 2 is 1.71 bits per heavy atom. The van der Waals surface area contributed by atoms with Crippen LogP contribution in [0.5, 0.6) is 0 Å². The molecule has 1 N–H and O–H groups in total. The molecule has 0 fully saturated rings. The van der Waals surface area contributed by atoms with Crippen molar-refractivity contribution in [2.75, 3.05) is 0 Å². The number of rotatable bonds is 4. The molecule has 0 radical (unpaired) electrons. The third kappa shape index (κ3) is 2.22. The number of nitrogens with zero attached hydrogens (tertiary/aromatic N) is 3. The first-order chi connectivity index (χ1) is 9.73. The molecule has 0 aliphatic carbocycles. The number of nitro groups is 3. The Hall–Kier alpha value is -3.18. The molecule has 0 saturated heterocycles. The highest BCUT2D eigenvalue weighted by atomic mass is 19.2. The maximum absolute atomic E-state index is 13.5. The lowest BCUT2D eigenvalue weighted by Gasteiger charge is -1.98. The van der Waals surface area contributed by atoms with Crippen LogP contribution < -0.4 is 0 Å². The number of aromatic nitrogens is 1. The second kappa shape index (κ2) is 4.73. The number of fused-ring (bicyclic) bond motifs is 1. The van der Waals surface area contributed by atoms with Crippen molar-refractivity contribution >= 4 is 22.4 Å². The Kier molecular flexibility index (Phi) is 3.21. The van der Waals surface area contributed by atoms with E-state index < -0.39 is 60.9 Å². The number of benzene rings is 1. The first-order valence-electron chi connectivity index (χ1n) is 5.17. The highest BCUT2D eigenvalue weighted by Crippen LogP contribution is 2.37. The second-order valence-electron chi connectivity index (χ2n) is 3.90. The largest absolute Gasteiger partial charge is 0.358 e. The van der Waals surface area contributed by atoms with Gasteiger partial charge in [0.2, 0.25) is 12.4 Å². The minimum atomic E-state index is -1.84. The lowest BCUT2D eigenvalue weighted by molar-refractivity contribution is -0.498. The average molecular weight is 302 g/mol. The molecular weight excluding hydrogens is 298 g/mol. The summed E-state index contributed by atoms with van der Waals surface area (Å²) in [6, 6.07) is 0.466. The van der Waals surface area contributed by atoms with E-state index in [9.17, 15) is 39.1 Å². The maximum atomic E-state index is 13.5.